The molecule has 0 fully saturated rings. The van der Waals surface area contributed by atoms with Crippen LogP contribution in [0, 0.1) is 0 Å². The molecule has 0 aliphatic heterocycles. The highest BCUT2D eigenvalue weighted by Crippen LogP contribution is 2.22. The number of carboxylic acid groups (broad SMARTS) is 1. The number of nitrogens with one attached hydrogen (secondary N) is 2. The summed E-state index contributed by atoms with van der Waals surface area (Å²) in [6.07, 6.45) is 0.630. The molecular weight excluding hydrogens is 308 g/mol. The van der Waals surface area contributed by atoms with Crippen LogP contribution in [0.5, 0.6) is 0 Å². The molecule has 3 N–H and O–H groups in total. The minimum absolute atomic E-state index is 0.0810. The van der Waals surface area contributed by atoms with Crippen LogP contribution in [-0.2, 0) is 14.8 Å². The number of carboxylic acids is 1. The number of carbonyl (C=O) groups is 1. The summed E-state index contributed by atoms with van der Waals surface area (Å²) in [5.74, 6) is -1.18. The molecule has 0 spiro atoms. The summed E-state index contributed by atoms with van der Waals surface area (Å²) in [5.41, 5.74) is 0.262. The molecular formula is C14H22N2O5S. The van der Waals surface area contributed by atoms with E-state index in [1.807, 2.05) is 13.8 Å². The second kappa shape index (κ2) is 8.11. The van der Waals surface area contributed by atoms with Crippen molar-refractivity contribution in [3.63, 3.8) is 0 Å². The predicted molar refractivity (Wildman–Crippen MR) is 83.8 cm³/mol. The number of hydrogen-bond acceptors (Lipinski definition) is 5. The Hall–Kier alpha value is -1.64. The van der Waals surface area contributed by atoms with Gasteiger partial charge < -0.3 is 15.2 Å². The number of aromatic carboxylic acids is 1. The number of anilines is 1. The summed E-state index contributed by atoms with van der Waals surface area (Å²) in [5, 5.41) is 11.7. The van der Waals surface area contributed by atoms with Gasteiger partial charge in [0.1, 0.15) is 4.90 Å². The Morgan fingerprint density at radius 1 is 1.36 bits per heavy atom. The molecule has 0 amide bonds. The number of sulfonamides is 1. The molecule has 0 aliphatic rings. The molecule has 8 heteroatoms. The fraction of sp³-hybridized carbons (Fsp3) is 0.500. The Kier molecular flexibility index (Phi) is 6.79. The third-order valence-electron chi connectivity index (χ3n) is 2.85. The normalized spacial score (nSPS) is 11.6. The average molecular weight is 330 g/mol. The standard InChI is InChI=1S/C14H22N2O5S/c1-10(2)21-8-4-7-16-22(19,20)13-9-11(14(17)18)5-6-12(13)15-3/h5-6,9-10,15-16H,4,7-8H2,1-3H3,(H,17,18). The molecule has 0 saturated carbocycles. The Morgan fingerprint density at radius 3 is 2.59 bits per heavy atom. The Bertz CT molecular complexity index is 614. The van der Waals surface area contributed by atoms with Crippen LogP contribution in [-0.4, -0.2) is 45.8 Å². The smallest absolute Gasteiger partial charge is 0.335 e. The van der Waals surface area contributed by atoms with Gasteiger partial charge in [-0.3, -0.25) is 0 Å². The van der Waals surface area contributed by atoms with Gasteiger partial charge in [0.25, 0.3) is 0 Å². The van der Waals surface area contributed by atoms with E-state index in [9.17, 15) is 13.2 Å². The van der Waals surface area contributed by atoms with E-state index < -0.39 is 16.0 Å². The monoisotopic (exact) mass is 330 g/mol. The van der Waals surface area contributed by atoms with Gasteiger partial charge in [-0.05, 0) is 38.5 Å². The van der Waals surface area contributed by atoms with Crippen LogP contribution >= 0.6 is 0 Å². The van der Waals surface area contributed by atoms with Gasteiger partial charge in [-0.15, -0.1) is 0 Å². The first-order valence-electron chi connectivity index (χ1n) is 6.94. The van der Waals surface area contributed by atoms with Crippen LogP contribution in [0.15, 0.2) is 23.1 Å². The molecule has 0 aliphatic carbocycles. The van der Waals surface area contributed by atoms with Crippen molar-refractivity contribution in [2.45, 2.75) is 31.3 Å². The van der Waals surface area contributed by atoms with Gasteiger partial charge in [-0.2, -0.15) is 0 Å². The fourth-order valence-electron chi connectivity index (χ4n) is 1.76. The van der Waals surface area contributed by atoms with Crippen molar-refractivity contribution in [1.82, 2.24) is 4.72 Å². The fourth-order valence-corrected chi connectivity index (χ4v) is 3.07. The van der Waals surface area contributed by atoms with Gasteiger partial charge in [0.05, 0.1) is 17.4 Å². The molecule has 0 saturated heterocycles. The lowest BCUT2D eigenvalue weighted by Gasteiger charge is -2.12. The molecule has 22 heavy (non-hydrogen) atoms. The molecule has 0 heterocycles. The molecule has 0 radical (unpaired) electrons. The summed E-state index contributed by atoms with van der Waals surface area (Å²) < 4.78 is 32.4. The number of ether oxygens (including phenoxy) is 1. The Morgan fingerprint density at radius 2 is 2.05 bits per heavy atom. The zero-order valence-corrected chi connectivity index (χ0v) is 13.7. The first-order valence-corrected chi connectivity index (χ1v) is 8.42. The van der Waals surface area contributed by atoms with Crippen molar-refractivity contribution in [2.75, 3.05) is 25.5 Å². The number of benzene rings is 1. The molecule has 1 aromatic rings. The molecule has 124 valence electrons. The van der Waals surface area contributed by atoms with Crippen LogP contribution in [0.3, 0.4) is 0 Å². The zero-order valence-electron chi connectivity index (χ0n) is 12.9. The maximum Gasteiger partial charge on any atom is 0.335 e. The number of hydrogen-bond donors (Lipinski definition) is 3. The molecule has 0 unspecified atom stereocenters. The van der Waals surface area contributed by atoms with Crippen LogP contribution in [0.25, 0.3) is 0 Å². The first kappa shape index (κ1) is 18.4. The van der Waals surface area contributed by atoms with Crippen molar-refractivity contribution in [2.24, 2.45) is 0 Å². The second-order valence-corrected chi connectivity index (χ2v) is 6.67. The Labute approximate surface area is 130 Å². The van der Waals surface area contributed by atoms with Crippen molar-refractivity contribution < 1.29 is 23.1 Å². The average Bonchev–Trinajstić information content (AvgIpc) is 2.45. The van der Waals surface area contributed by atoms with E-state index in [-0.39, 0.29) is 23.1 Å². The van der Waals surface area contributed by atoms with Gasteiger partial charge >= 0.3 is 5.97 Å². The molecule has 0 atom stereocenters. The van der Waals surface area contributed by atoms with Crippen LogP contribution < -0.4 is 10.0 Å². The first-order chi connectivity index (χ1) is 10.3. The highest BCUT2D eigenvalue weighted by Gasteiger charge is 2.20. The highest BCUT2D eigenvalue weighted by molar-refractivity contribution is 7.89. The van der Waals surface area contributed by atoms with E-state index in [1.165, 1.54) is 12.1 Å². The molecule has 1 rings (SSSR count). The quantitative estimate of drug-likeness (QED) is 0.593. The van der Waals surface area contributed by atoms with Crippen molar-refractivity contribution in [3.05, 3.63) is 23.8 Å². The van der Waals surface area contributed by atoms with Gasteiger partial charge in [0.2, 0.25) is 10.0 Å². The topological polar surface area (TPSA) is 105 Å². The van der Waals surface area contributed by atoms with E-state index >= 15 is 0 Å². The Balaban J connectivity index is 2.83. The van der Waals surface area contributed by atoms with Crippen molar-refractivity contribution >= 4 is 21.7 Å². The lowest BCUT2D eigenvalue weighted by Crippen LogP contribution is -2.26. The van der Waals surface area contributed by atoms with E-state index in [2.05, 4.69) is 10.0 Å². The van der Waals surface area contributed by atoms with E-state index in [1.54, 1.807) is 7.05 Å². The maximum absolute atomic E-state index is 12.3. The molecule has 0 aromatic heterocycles. The lowest BCUT2D eigenvalue weighted by atomic mass is 10.2. The summed E-state index contributed by atoms with van der Waals surface area (Å²) in [7, 11) is -2.22. The van der Waals surface area contributed by atoms with E-state index in [4.69, 9.17) is 9.84 Å². The van der Waals surface area contributed by atoms with Gasteiger partial charge in [-0.1, -0.05) is 0 Å². The second-order valence-electron chi connectivity index (χ2n) is 4.94. The largest absolute Gasteiger partial charge is 0.478 e. The third-order valence-corrected chi connectivity index (χ3v) is 4.35. The van der Waals surface area contributed by atoms with Crippen LogP contribution in [0.4, 0.5) is 5.69 Å². The minimum Gasteiger partial charge on any atom is -0.478 e. The summed E-state index contributed by atoms with van der Waals surface area (Å²) in [6.45, 7) is 4.48. The van der Waals surface area contributed by atoms with Gasteiger partial charge in [-0.25, -0.2) is 17.9 Å². The maximum atomic E-state index is 12.3. The van der Waals surface area contributed by atoms with Crippen molar-refractivity contribution in [1.29, 1.82) is 0 Å². The predicted octanol–water partition coefficient (Wildman–Crippen LogP) is 1.52. The molecule has 7 nitrogen and oxygen atoms in total. The SMILES string of the molecule is CNc1ccc(C(=O)O)cc1S(=O)(=O)NCCCOC(C)C. The van der Waals surface area contributed by atoms with E-state index in [0.717, 1.165) is 6.07 Å². The summed E-state index contributed by atoms with van der Waals surface area (Å²) in [6, 6.07) is 3.92. The van der Waals surface area contributed by atoms with E-state index in [0.29, 0.717) is 18.7 Å². The van der Waals surface area contributed by atoms with Gasteiger partial charge in [0.15, 0.2) is 0 Å². The highest BCUT2D eigenvalue weighted by atomic mass is 32.2. The van der Waals surface area contributed by atoms with Crippen LogP contribution in [0.2, 0.25) is 0 Å². The van der Waals surface area contributed by atoms with Crippen molar-refractivity contribution in [3.8, 4) is 0 Å². The summed E-state index contributed by atoms with van der Waals surface area (Å²) >= 11 is 0. The summed E-state index contributed by atoms with van der Waals surface area (Å²) in [4.78, 5) is 10.9. The molecule has 0 bridgehead atoms. The molecule has 1 aromatic carbocycles. The number of rotatable bonds is 9. The van der Waals surface area contributed by atoms with Gasteiger partial charge in [0, 0.05) is 20.2 Å². The minimum atomic E-state index is -3.79. The van der Waals surface area contributed by atoms with Crippen LogP contribution in [0.1, 0.15) is 30.6 Å². The third kappa shape index (κ3) is 5.28. The lowest BCUT2D eigenvalue weighted by molar-refractivity contribution is 0.0696. The zero-order chi connectivity index (χ0) is 16.8.